The highest BCUT2D eigenvalue weighted by Crippen LogP contribution is 2.41. The summed E-state index contributed by atoms with van der Waals surface area (Å²) in [6, 6.07) is 8.31. The average Bonchev–Trinajstić information content (AvgIpc) is 2.98. The molecule has 1 aromatic carbocycles. The van der Waals surface area contributed by atoms with E-state index in [-0.39, 0.29) is 23.7 Å². The van der Waals surface area contributed by atoms with Crippen molar-refractivity contribution in [2.24, 2.45) is 0 Å². The van der Waals surface area contributed by atoms with Crippen LogP contribution in [0.1, 0.15) is 27.6 Å². The van der Waals surface area contributed by atoms with E-state index in [0.717, 1.165) is 12.0 Å². The maximum Gasteiger partial charge on any atom is 0.263 e. The van der Waals surface area contributed by atoms with E-state index in [9.17, 15) is 9.18 Å². The Kier molecular flexibility index (Phi) is 3.38. The van der Waals surface area contributed by atoms with Crippen LogP contribution in [0.2, 0.25) is 0 Å². The molecule has 1 N–H and O–H groups in total. The van der Waals surface area contributed by atoms with E-state index in [1.165, 1.54) is 34.5 Å². The number of amides is 1. The van der Waals surface area contributed by atoms with E-state index >= 15 is 0 Å². The molecule has 3 aromatic rings. The number of nitrogens with one attached hydrogen (secondary N) is 1. The number of nitrogens with zero attached hydrogens (tertiary/aromatic N) is 4. The lowest BCUT2D eigenvalue weighted by Crippen LogP contribution is -2.26. The Morgan fingerprint density at radius 3 is 2.87 bits per heavy atom. The zero-order chi connectivity index (χ0) is 15.8. The minimum atomic E-state index is -0.250. The Bertz CT molecular complexity index is 830. The molecule has 1 amide bonds. The van der Waals surface area contributed by atoms with Crippen molar-refractivity contribution in [1.82, 2.24) is 25.5 Å². The minimum absolute atomic E-state index is 0.0804. The lowest BCUT2D eigenvalue weighted by atomic mass is 10.1. The molecule has 2 atom stereocenters. The van der Waals surface area contributed by atoms with Gasteiger partial charge in [-0.3, -0.25) is 4.79 Å². The highest BCUT2D eigenvalue weighted by molar-refractivity contribution is 7.12. The van der Waals surface area contributed by atoms with Crippen molar-refractivity contribution in [3.05, 3.63) is 58.3 Å². The lowest BCUT2D eigenvalue weighted by Gasteiger charge is -2.05. The van der Waals surface area contributed by atoms with Crippen LogP contribution < -0.4 is 5.32 Å². The summed E-state index contributed by atoms with van der Waals surface area (Å²) < 4.78 is 14.4. The molecule has 2 aromatic heterocycles. The van der Waals surface area contributed by atoms with Gasteiger partial charge < -0.3 is 5.32 Å². The van der Waals surface area contributed by atoms with E-state index in [0.29, 0.717) is 10.6 Å². The van der Waals surface area contributed by atoms with Crippen LogP contribution in [0.3, 0.4) is 0 Å². The summed E-state index contributed by atoms with van der Waals surface area (Å²) >= 11 is 1.35. The summed E-state index contributed by atoms with van der Waals surface area (Å²) in [6.45, 7) is 0. The van der Waals surface area contributed by atoms with Crippen molar-refractivity contribution in [2.45, 2.75) is 18.4 Å². The van der Waals surface area contributed by atoms with Crippen LogP contribution in [-0.4, -0.2) is 32.2 Å². The van der Waals surface area contributed by atoms with E-state index in [1.807, 2.05) is 5.38 Å². The Morgan fingerprint density at radius 1 is 1.30 bits per heavy atom. The molecule has 4 rings (SSSR count). The van der Waals surface area contributed by atoms with Crippen molar-refractivity contribution >= 4 is 17.2 Å². The summed E-state index contributed by atoms with van der Waals surface area (Å²) in [7, 11) is 0. The molecule has 1 aliphatic carbocycles. The smallest absolute Gasteiger partial charge is 0.263 e. The van der Waals surface area contributed by atoms with Gasteiger partial charge in [-0.25, -0.2) is 4.39 Å². The summed E-state index contributed by atoms with van der Waals surface area (Å²) in [5, 5.41) is 15.8. The Balaban J connectivity index is 1.46. The summed E-state index contributed by atoms with van der Waals surface area (Å²) in [4.78, 5) is 13.0. The standard InChI is InChI=1S/C15H12FN5OS/c16-10-3-1-9(2-4-10)11-7-12(11)18-15(22)14-13(5-6-23-14)21-8-17-19-20-21/h1-6,8,11-12H,7H2,(H,18,22)/t11-,12+/m0/s1. The van der Waals surface area contributed by atoms with Gasteiger partial charge in [0.25, 0.3) is 5.91 Å². The Hall–Kier alpha value is -2.61. The number of tetrazole rings is 1. The molecule has 2 heterocycles. The largest absolute Gasteiger partial charge is 0.348 e. The zero-order valence-electron chi connectivity index (χ0n) is 11.9. The van der Waals surface area contributed by atoms with Gasteiger partial charge in [0, 0.05) is 12.0 Å². The molecule has 0 unspecified atom stereocenters. The molecular formula is C15H12FN5OS. The fourth-order valence-corrected chi connectivity index (χ4v) is 3.37. The minimum Gasteiger partial charge on any atom is -0.348 e. The number of benzene rings is 1. The number of thiophene rings is 1. The number of halogens is 1. The highest BCUT2D eigenvalue weighted by atomic mass is 32.1. The molecular weight excluding hydrogens is 317 g/mol. The van der Waals surface area contributed by atoms with Crippen LogP contribution in [0.25, 0.3) is 5.69 Å². The molecule has 1 fully saturated rings. The summed E-state index contributed by atoms with van der Waals surface area (Å²) in [5.41, 5.74) is 1.71. The third kappa shape index (κ3) is 2.72. The first-order valence-electron chi connectivity index (χ1n) is 7.09. The second-order valence-electron chi connectivity index (χ2n) is 5.36. The number of hydrogen-bond acceptors (Lipinski definition) is 5. The number of carbonyl (C=O) groups excluding carboxylic acids is 1. The van der Waals surface area contributed by atoms with E-state index in [2.05, 4.69) is 20.8 Å². The third-order valence-corrected chi connectivity index (χ3v) is 4.75. The highest BCUT2D eigenvalue weighted by Gasteiger charge is 2.40. The van der Waals surface area contributed by atoms with Crippen molar-refractivity contribution < 1.29 is 9.18 Å². The van der Waals surface area contributed by atoms with Crippen LogP contribution in [0.5, 0.6) is 0 Å². The van der Waals surface area contributed by atoms with Crippen molar-refractivity contribution in [3.8, 4) is 5.69 Å². The molecule has 6 nitrogen and oxygen atoms in total. The SMILES string of the molecule is O=C(N[C@@H]1C[C@H]1c1ccc(F)cc1)c1sccc1-n1cnnn1. The zero-order valence-corrected chi connectivity index (χ0v) is 12.7. The first-order chi connectivity index (χ1) is 11.2. The van der Waals surface area contributed by atoms with Crippen molar-refractivity contribution in [1.29, 1.82) is 0 Å². The third-order valence-electron chi connectivity index (χ3n) is 3.85. The maximum absolute atomic E-state index is 13.0. The first-order valence-corrected chi connectivity index (χ1v) is 7.97. The first kappa shape index (κ1) is 14.0. The predicted octanol–water partition coefficient (Wildman–Crippen LogP) is 2.15. The van der Waals surface area contributed by atoms with Crippen molar-refractivity contribution in [3.63, 3.8) is 0 Å². The van der Waals surface area contributed by atoms with Gasteiger partial charge in [0.1, 0.15) is 17.0 Å². The van der Waals surface area contributed by atoms with Gasteiger partial charge >= 0.3 is 0 Å². The Morgan fingerprint density at radius 2 is 2.13 bits per heavy atom. The fourth-order valence-electron chi connectivity index (χ4n) is 2.59. The number of rotatable bonds is 4. The van der Waals surface area contributed by atoms with Crippen LogP contribution in [0.4, 0.5) is 4.39 Å². The lowest BCUT2D eigenvalue weighted by molar-refractivity contribution is 0.0954. The van der Waals surface area contributed by atoms with E-state index < -0.39 is 0 Å². The topological polar surface area (TPSA) is 72.7 Å². The number of carbonyl (C=O) groups is 1. The molecule has 0 bridgehead atoms. The molecule has 0 spiro atoms. The van der Waals surface area contributed by atoms with Crippen LogP contribution in [0.15, 0.2) is 42.0 Å². The van der Waals surface area contributed by atoms with Crippen LogP contribution >= 0.6 is 11.3 Å². The number of hydrogen-bond donors (Lipinski definition) is 1. The van der Waals surface area contributed by atoms with Gasteiger partial charge in [0.05, 0.1) is 5.69 Å². The monoisotopic (exact) mass is 329 g/mol. The molecule has 116 valence electrons. The summed E-state index contributed by atoms with van der Waals surface area (Å²) in [5.74, 6) is -0.143. The van der Waals surface area contributed by atoms with Gasteiger partial charge in [-0.15, -0.1) is 16.4 Å². The average molecular weight is 329 g/mol. The molecule has 1 aliphatic rings. The van der Waals surface area contributed by atoms with Gasteiger partial charge in [-0.05, 0) is 46.0 Å². The number of aromatic nitrogens is 4. The van der Waals surface area contributed by atoms with Crippen molar-refractivity contribution in [2.75, 3.05) is 0 Å². The molecule has 0 aliphatic heterocycles. The Labute approximate surface area is 135 Å². The normalized spacial score (nSPS) is 19.5. The second kappa shape index (κ2) is 5.54. The van der Waals surface area contributed by atoms with Gasteiger partial charge in [-0.1, -0.05) is 12.1 Å². The second-order valence-corrected chi connectivity index (χ2v) is 6.28. The van der Waals surface area contributed by atoms with Gasteiger partial charge in [0.15, 0.2) is 0 Å². The van der Waals surface area contributed by atoms with E-state index in [4.69, 9.17) is 0 Å². The molecule has 0 radical (unpaired) electrons. The summed E-state index contributed by atoms with van der Waals surface area (Å²) in [6.07, 6.45) is 2.32. The molecule has 1 saturated carbocycles. The quantitative estimate of drug-likeness (QED) is 0.796. The fraction of sp³-hybridized carbons (Fsp3) is 0.200. The van der Waals surface area contributed by atoms with Crippen LogP contribution in [0, 0.1) is 5.82 Å². The van der Waals surface area contributed by atoms with Crippen LogP contribution in [-0.2, 0) is 0 Å². The van der Waals surface area contributed by atoms with Gasteiger partial charge in [-0.2, -0.15) is 4.68 Å². The predicted molar refractivity (Wildman–Crippen MR) is 82.0 cm³/mol. The van der Waals surface area contributed by atoms with Gasteiger partial charge in [0.2, 0.25) is 0 Å². The molecule has 23 heavy (non-hydrogen) atoms. The molecule has 8 heteroatoms. The van der Waals surface area contributed by atoms with E-state index in [1.54, 1.807) is 18.2 Å². The molecule has 0 saturated heterocycles. The maximum atomic E-state index is 13.0.